The van der Waals surface area contributed by atoms with Gasteiger partial charge < -0.3 is 14.2 Å². The van der Waals surface area contributed by atoms with Crippen molar-refractivity contribution in [3.05, 3.63) is 46.8 Å². The lowest BCUT2D eigenvalue weighted by Crippen LogP contribution is -2.37. The van der Waals surface area contributed by atoms with Gasteiger partial charge in [0.25, 0.3) is 5.91 Å². The number of piperidine rings is 1. The van der Waals surface area contributed by atoms with Crippen molar-refractivity contribution in [1.29, 1.82) is 0 Å². The average molecular weight is 328 g/mol. The van der Waals surface area contributed by atoms with E-state index >= 15 is 0 Å². The van der Waals surface area contributed by atoms with Crippen molar-refractivity contribution in [3.8, 4) is 5.75 Å². The molecule has 0 spiro atoms. The number of aryl methyl sites for hydroxylation is 2. The molecule has 0 atom stereocenters. The summed E-state index contributed by atoms with van der Waals surface area (Å²) in [5.41, 5.74) is 2.47. The van der Waals surface area contributed by atoms with E-state index in [9.17, 15) is 4.79 Å². The number of nitrogens with zero attached hydrogens (tertiary/aromatic N) is 2. The van der Waals surface area contributed by atoms with E-state index in [1.54, 1.807) is 0 Å². The molecule has 128 valence electrons. The molecule has 24 heavy (non-hydrogen) atoms. The van der Waals surface area contributed by atoms with E-state index in [1.807, 2.05) is 43.0 Å². The summed E-state index contributed by atoms with van der Waals surface area (Å²) in [5, 5.41) is 3.93. The number of carbonyl (C=O) groups excluding carboxylic acids is 1. The van der Waals surface area contributed by atoms with Crippen LogP contribution in [0.4, 0.5) is 0 Å². The van der Waals surface area contributed by atoms with Crippen LogP contribution in [0.15, 0.2) is 28.8 Å². The van der Waals surface area contributed by atoms with E-state index in [-0.39, 0.29) is 5.91 Å². The normalized spacial score (nSPS) is 15.5. The highest BCUT2D eigenvalue weighted by molar-refractivity contribution is 5.94. The molecule has 0 saturated carbocycles. The molecule has 1 aliphatic rings. The lowest BCUT2D eigenvalue weighted by Gasteiger charge is -2.30. The molecule has 3 rings (SSSR count). The maximum absolute atomic E-state index is 12.6. The largest absolute Gasteiger partial charge is 0.489 e. The molecule has 0 radical (unpaired) electrons. The Kier molecular flexibility index (Phi) is 4.88. The first-order chi connectivity index (χ1) is 11.5. The van der Waals surface area contributed by atoms with Crippen molar-refractivity contribution in [1.82, 2.24) is 10.1 Å². The summed E-state index contributed by atoms with van der Waals surface area (Å²) < 4.78 is 11.0. The quantitative estimate of drug-likeness (QED) is 0.858. The van der Waals surface area contributed by atoms with Gasteiger partial charge in [0.1, 0.15) is 18.1 Å². The molecule has 1 amide bonds. The van der Waals surface area contributed by atoms with Crippen LogP contribution in [-0.2, 0) is 6.61 Å². The summed E-state index contributed by atoms with van der Waals surface area (Å²) in [5.74, 6) is 2.25. The van der Waals surface area contributed by atoms with Gasteiger partial charge in [-0.3, -0.25) is 4.79 Å². The first-order valence-corrected chi connectivity index (χ1v) is 8.48. The summed E-state index contributed by atoms with van der Waals surface area (Å²) >= 11 is 0. The van der Waals surface area contributed by atoms with Crippen LogP contribution in [0.1, 0.15) is 47.1 Å². The predicted octanol–water partition coefficient (Wildman–Crippen LogP) is 3.74. The minimum Gasteiger partial charge on any atom is -0.489 e. The highest BCUT2D eigenvalue weighted by atomic mass is 16.5. The lowest BCUT2D eigenvalue weighted by atomic mass is 9.98. The summed E-state index contributed by atoms with van der Waals surface area (Å²) in [4.78, 5) is 14.6. The van der Waals surface area contributed by atoms with Gasteiger partial charge in [-0.2, -0.15) is 0 Å². The number of hydrogen-bond acceptors (Lipinski definition) is 4. The summed E-state index contributed by atoms with van der Waals surface area (Å²) in [6.45, 7) is 8.07. The van der Waals surface area contributed by atoms with Crippen LogP contribution in [0.3, 0.4) is 0 Å². The summed E-state index contributed by atoms with van der Waals surface area (Å²) in [6.07, 6.45) is 2.15. The Morgan fingerprint density at radius 1 is 1.33 bits per heavy atom. The van der Waals surface area contributed by atoms with Crippen LogP contribution in [0, 0.1) is 19.8 Å². The van der Waals surface area contributed by atoms with Crippen LogP contribution < -0.4 is 4.74 Å². The molecular formula is C19H24N2O3. The van der Waals surface area contributed by atoms with Crippen LogP contribution in [0.5, 0.6) is 5.75 Å². The fourth-order valence-corrected chi connectivity index (χ4v) is 2.98. The minimum atomic E-state index is 0.0877. The Bertz CT molecular complexity index is 696. The van der Waals surface area contributed by atoms with E-state index in [1.165, 1.54) is 0 Å². The maximum atomic E-state index is 12.6. The molecule has 5 heteroatoms. The van der Waals surface area contributed by atoms with Gasteiger partial charge in [-0.05, 0) is 50.8 Å². The first-order valence-electron chi connectivity index (χ1n) is 8.48. The van der Waals surface area contributed by atoms with E-state index in [0.29, 0.717) is 23.8 Å². The predicted molar refractivity (Wildman–Crippen MR) is 91.1 cm³/mol. The second-order valence-electron chi connectivity index (χ2n) is 6.59. The van der Waals surface area contributed by atoms with Crippen LogP contribution in [-0.4, -0.2) is 29.1 Å². The van der Waals surface area contributed by atoms with Crippen molar-refractivity contribution < 1.29 is 14.1 Å². The van der Waals surface area contributed by atoms with Crippen LogP contribution >= 0.6 is 0 Å². The van der Waals surface area contributed by atoms with Crippen molar-refractivity contribution in [2.75, 3.05) is 13.1 Å². The number of hydrogen-bond donors (Lipinski definition) is 0. The number of amides is 1. The minimum absolute atomic E-state index is 0.0877. The molecule has 2 heterocycles. The third kappa shape index (κ3) is 3.61. The molecule has 1 aromatic carbocycles. The van der Waals surface area contributed by atoms with Crippen molar-refractivity contribution in [2.24, 2.45) is 5.92 Å². The third-order valence-corrected chi connectivity index (χ3v) is 4.72. The molecule has 1 aromatic heterocycles. The molecule has 5 nitrogen and oxygen atoms in total. The highest BCUT2D eigenvalue weighted by Gasteiger charge is 2.21. The zero-order valence-corrected chi connectivity index (χ0v) is 14.5. The second-order valence-corrected chi connectivity index (χ2v) is 6.59. The molecule has 0 N–H and O–H groups in total. The first kappa shape index (κ1) is 16.6. The Balaban J connectivity index is 1.66. The second kappa shape index (κ2) is 7.07. The fourth-order valence-electron chi connectivity index (χ4n) is 2.98. The SMILES string of the molecule is Cc1noc(C)c1COc1cccc(C(=O)N2CCC(C)CC2)c1. The molecule has 0 aliphatic carbocycles. The van der Waals surface area contributed by atoms with Crippen molar-refractivity contribution in [3.63, 3.8) is 0 Å². The van der Waals surface area contributed by atoms with Gasteiger partial charge in [0.2, 0.25) is 0 Å². The fraction of sp³-hybridized carbons (Fsp3) is 0.474. The zero-order chi connectivity index (χ0) is 17.1. The van der Waals surface area contributed by atoms with Gasteiger partial charge >= 0.3 is 0 Å². The number of carbonyl (C=O) groups is 1. The van der Waals surface area contributed by atoms with Crippen LogP contribution in [0.25, 0.3) is 0 Å². The number of ether oxygens (including phenoxy) is 1. The molecule has 2 aromatic rings. The number of benzene rings is 1. The van der Waals surface area contributed by atoms with E-state index < -0.39 is 0 Å². The van der Waals surface area contributed by atoms with E-state index in [4.69, 9.17) is 9.26 Å². The van der Waals surface area contributed by atoms with Gasteiger partial charge in [0.05, 0.1) is 11.3 Å². The van der Waals surface area contributed by atoms with Gasteiger partial charge in [-0.1, -0.05) is 18.1 Å². The maximum Gasteiger partial charge on any atom is 0.253 e. The highest BCUT2D eigenvalue weighted by Crippen LogP contribution is 2.22. The topological polar surface area (TPSA) is 55.6 Å². The Morgan fingerprint density at radius 2 is 2.08 bits per heavy atom. The van der Waals surface area contributed by atoms with Crippen LogP contribution in [0.2, 0.25) is 0 Å². The lowest BCUT2D eigenvalue weighted by molar-refractivity contribution is 0.0696. The van der Waals surface area contributed by atoms with Gasteiger partial charge in [-0.25, -0.2) is 0 Å². The Morgan fingerprint density at radius 3 is 2.75 bits per heavy atom. The monoisotopic (exact) mass is 328 g/mol. The standard InChI is InChI=1S/C19H24N2O3/c1-13-7-9-21(10-8-13)19(22)16-5-4-6-17(11-16)23-12-18-14(2)20-24-15(18)3/h4-6,11,13H,7-10,12H2,1-3H3. The van der Waals surface area contributed by atoms with Gasteiger partial charge in [-0.15, -0.1) is 0 Å². The number of rotatable bonds is 4. The molecule has 0 bridgehead atoms. The third-order valence-electron chi connectivity index (χ3n) is 4.72. The Labute approximate surface area is 142 Å². The Hall–Kier alpha value is -2.30. The summed E-state index contributed by atoms with van der Waals surface area (Å²) in [7, 11) is 0. The molecule has 0 unspecified atom stereocenters. The summed E-state index contributed by atoms with van der Waals surface area (Å²) in [6, 6.07) is 7.40. The average Bonchev–Trinajstić information content (AvgIpc) is 2.91. The molecule has 1 fully saturated rings. The smallest absolute Gasteiger partial charge is 0.253 e. The molecule has 1 saturated heterocycles. The van der Waals surface area contributed by atoms with Gasteiger partial charge in [0, 0.05) is 18.7 Å². The van der Waals surface area contributed by atoms with Crippen molar-refractivity contribution >= 4 is 5.91 Å². The molecular weight excluding hydrogens is 304 g/mol. The van der Waals surface area contributed by atoms with Crippen molar-refractivity contribution in [2.45, 2.75) is 40.2 Å². The van der Waals surface area contributed by atoms with E-state index in [2.05, 4.69) is 12.1 Å². The molecule has 1 aliphatic heterocycles. The van der Waals surface area contributed by atoms with E-state index in [0.717, 1.165) is 42.9 Å². The number of likely N-dealkylation sites (tertiary alicyclic amines) is 1. The zero-order valence-electron chi connectivity index (χ0n) is 14.5. The number of aromatic nitrogens is 1. The van der Waals surface area contributed by atoms with Gasteiger partial charge in [0.15, 0.2) is 0 Å².